The summed E-state index contributed by atoms with van der Waals surface area (Å²) in [6.07, 6.45) is 1.55. The summed E-state index contributed by atoms with van der Waals surface area (Å²) in [7, 11) is 0. The molecule has 0 bridgehead atoms. The van der Waals surface area contributed by atoms with Gasteiger partial charge in [-0.25, -0.2) is 4.99 Å². The van der Waals surface area contributed by atoms with E-state index in [-0.39, 0.29) is 30.5 Å². The highest BCUT2D eigenvalue weighted by Crippen LogP contribution is 2.27. The molecule has 28 heavy (non-hydrogen) atoms. The molecule has 1 saturated heterocycles. The summed E-state index contributed by atoms with van der Waals surface area (Å²) in [5, 5.41) is 24.0. The molecule has 2 heterocycles. The third-order valence-corrected chi connectivity index (χ3v) is 4.73. The third kappa shape index (κ3) is 5.32. The first kappa shape index (κ1) is 22.4. The summed E-state index contributed by atoms with van der Waals surface area (Å²) in [5.41, 5.74) is -0.290. The predicted octanol–water partition coefficient (Wildman–Crippen LogP) is 2.60. The molecule has 0 aliphatic carbocycles. The molecule has 1 aromatic carbocycles. The number of phenols is 1. The Morgan fingerprint density at radius 1 is 1.18 bits per heavy atom. The molecule has 2 aromatic rings. The number of aliphatic imine (C=N–C) groups is 1. The van der Waals surface area contributed by atoms with E-state index in [2.05, 4.69) is 20.1 Å². The van der Waals surface area contributed by atoms with Crippen molar-refractivity contribution in [2.75, 3.05) is 44.2 Å². The molecular weight excluding hydrogens is 471 g/mol. The van der Waals surface area contributed by atoms with Crippen LogP contribution in [0, 0.1) is 0 Å². The number of phenolic OH excluding ortho intramolecular Hbond substituents is 1. The van der Waals surface area contributed by atoms with E-state index in [1.165, 1.54) is 0 Å². The van der Waals surface area contributed by atoms with E-state index < -0.39 is 5.60 Å². The van der Waals surface area contributed by atoms with Crippen LogP contribution in [-0.4, -0.2) is 60.3 Å². The number of nitrogens with one attached hydrogen (secondary N) is 1. The monoisotopic (exact) mass is 500 g/mol. The van der Waals surface area contributed by atoms with Crippen molar-refractivity contribution >= 4 is 35.6 Å². The molecular formula is C20H29IN4O3. The Hall–Kier alpha value is -1.94. The maximum absolute atomic E-state index is 10.6. The van der Waals surface area contributed by atoms with Gasteiger partial charge in [-0.1, -0.05) is 12.1 Å². The molecule has 7 nitrogen and oxygen atoms in total. The number of halogens is 1. The molecule has 1 aliphatic rings. The van der Waals surface area contributed by atoms with Gasteiger partial charge in [0.05, 0.1) is 18.5 Å². The van der Waals surface area contributed by atoms with Gasteiger partial charge < -0.3 is 29.7 Å². The molecule has 3 rings (SSSR count). The van der Waals surface area contributed by atoms with E-state index in [4.69, 9.17) is 4.42 Å². The van der Waals surface area contributed by atoms with Gasteiger partial charge in [-0.2, -0.15) is 0 Å². The first-order valence-corrected chi connectivity index (χ1v) is 9.34. The van der Waals surface area contributed by atoms with Crippen LogP contribution >= 0.6 is 24.0 Å². The number of aromatic hydroxyl groups is 1. The Balaban J connectivity index is 0.00000280. The van der Waals surface area contributed by atoms with Gasteiger partial charge in [-0.3, -0.25) is 0 Å². The minimum Gasteiger partial charge on any atom is -0.506 e. The van der Waals surface area contributed by atoms with E-state index in [1.807, 2.05) is 25.1 Å². The lowest BCUT2D eigenvalue weighted by molar-refractivity contribution is 0.0434. The second-order valence-corrected chi connectivity index (χ2v) is 6.88. The van der Waals surface area contributed by atoms with Crippen LogP contribution in [0.25, 0.3) is 0 Å². The number of guanidine groups is 1. The van der Waals surface area contributed by atoms with Crippen LogP contribution in [0.15, 0.2) is 52.1 Å². The second kappa shape index (κ2) is 10.0. The molecule has 1 unspecified atom stereocenters. The van der Waals surface area contributed by atoms with E-state index in [0.29, 0.717) is 11.5 Å². The number of nitrogens with zero attached hydrogens (tertiary/aromatic N) is 3. The van der Waals surface area contributed by atoms with Crippen LogP contribution in [0.5, 0.6) is 5.75 Å². The summed E-state index contributed by atoms with van der Waals surface area (Å²) >= 11 is 0. The topological polar surface area (TPSA) is 84.5 Å². The summed E-state index contributed by atoms with van der Waals surface area (Å²) in [5.74, 6) is 1.59. The van der Waals surface area contributed by atoms with Crippen LogP contribution in [0.3, 0.4) is 0 Å². The van der Waals surface area contributed by atoms with Crippen LogP contribution in [0.1, 0.15) is 19.6 Å². The van der Waals surface area contributed by atoms with Gasteiger partial charge in [0.15, 0.2) is 5.96 Å². The van der Waals surface area contributed by atoms with Gasteiger partial charge in [-0.15, -0.1) is 24.0 Å². The highest BCUT2D eigenvalue weighted by atomic mass is 127. The molecule has 0 radical (unpaired) electrons. The van der Waals surface area contributed by atoms with Crippen molar-refractivity contribution < 1.29 is 14.6 Å². The highest BCUT2D eigenvalue weighted by Gasteiger charge is 2.27. The van der Waals surface area contributed by atoms with Gasteiger partial charge in [0.25, 0.3) is 0 Å². The van der Waals surface area contributed by atoms with Crippen molar-refractivity contribution in [2.24, 2.45) is 4.99 Å². The molecule has 154 valence electrons. The smallest absolute Gasteiger partial charge is 0.194 e. The van der Waals surface area contributed by atoms with Crippen LogP contribution in [-0.2, 0) is 5.60 Å². The average molecular weight is 500 g/mol. The van der Waals surface area contributed by atoms with Crippen molar-refractivity contribution in [3.8, 4) is 5.75 Å². The molecule has 1 atom stereocenters. The lowest BCUT2D eigenvalue weighted by Crippen LogP contribution is -2.52. The van der Waals surface area contributed by atoms with Crippen molar-refractivity contribution in [2.45, 2.75) is 19.4 Å². The molecule has 1 fully saturated rings. The number of furan rings is 1. The number of piperazine rings is 1. The fraction of sp³-hybridized carbons (Fsp3) is 0.450. The Morgan fingerprint density at radius 2 is 1.89 bits per heavy atom. The first-order valence-electron chi connectivity index (χ1n) is 9.34. The number of benzene rings is 1. The van der Waals surface area contributed by atoms with Gasteiger partial charge in [0, 0.05) is 32.7 Å². The predicted molar refractivity (Wildman–Crippen MR) is 122 cm³/mol. The summed E-state index contributed by atoms with van der Waals surface area (Å²) < 4.78 is 5.33. The number of para-hydroxylation sites is 2. The normalized spacial score (nSPS) is 17.0. The van der Waals surface area contributed by atoms with E-state index in [0.717, 1.165) is 44.4 Å². The van der Waals surface area contributed by atoms with Gasteiger partial charge in [-0.05, 0) is 38.1 Å². The number of rotatable bonds is 5. The number of aliphatic hydroxyl groups is 1. The fourth-order valence-corrected chi connectivity index (χ4v) is 3.21. The first-order chi connectivity index (χ1) is 13.0. The van der Waals surface area contributed by atoms with Gasteiger partial charge in [0.2, 0.25) is 0 Å². The third-order valence-electron chi connectivity index (χ3n) is 4.73. The van der Waals surface area contributed by atoms with Gasteiger partial charge in [0.1, 0.15) is 17.1 Å². The van der Waals surface area contributed by atoms with E-state index >= 15 is 0 Å². The average Bonchev–Trinajstić information content (AvgIpc) is 3.22. The van der Waals surface area contributed by atoms with Gasteiger partial charge >= 0.3 is 0 Å². The van der Waals surface area contributed by atoms with Crippen LogP contribution in [0.2, 0.25) is 0 Å². The maximum atomic E-state index is 10.6. The van der Waals surface area contributed by atoms with Crippen molar-refractivity contribution in [1.29, 1.82) is 0 Å². The molecule has 0 amide bonds. The standard InChI is InChI=1S/C20H28N4O3.HI/c1-3-21-19(22-15-20(2,26)18-9-6-14-27-18)24-12-10-23(11-13-24)16-7-4-5-8-17(16)25;/h4-9,14,25-26H,3,10-13,15H2,1-2H3,(H,21,22);1H. The number of anilines is 1. The molecule has 0 spiro atoms. The Kier molecular flexibility index (Phi) is 7.99. The zero-order valence-corrected chi connectivity index (χ0v) is 18.7. The largest absolute Gasteiger partial charge is 0.506 e. The van der Waals surface area contributed by atoms with Crippen LogP contribution < -0.4 is 10.2 Å². The summed E-state index contributed by atoms with van der Waals surface area (Å²) in [4.78, 5) is 8.99. The number of hydrogen-bond acceptors (Lipinski definition) is 5. The lowest BCUT2D eigenvalue weighted by Gasteiger charge is -2.38. The second-order valence-electron chi connectivity index (χ2n) is 6.88. The van der Waals surface area contributed by atoms with Crippen molar-refractivity contribution in [3.05, 3.63) is 48.4 Å². The molecule has 8 heteroatoms. The summed E-state index contributed by atoms with van der Waals surface area (Å²) in [6, 6.07) is 10.9. The molecule has 3 N–H and O–H groups in total. The Morgan fingerprint density at radius 3 is 2.50 bits per heavy atom. The van der Waals surface area contributed by atoms with Crippen LogP contribution in [0.4, 0.5) is 5.69 Å². The Bertz CT molecular complexity index is 757. The molecule has 1 aliphatic heterocycles. The SMILES string of the molecule is CCNC(=NCC(C)(O)c1ccco1)N1CCN(c2ccccc2O)CC1.I. The molecule has 1 aromatic heterocycles. The number of hydrogen-bond donors (Lipinski definition) is 3. The zero-order chi connectivity index (χ0) is 19.3. The maximum Gasteiger partial charge on any atom is 0.194 e. The van der Waals surface area contributed by atoms with E-state index in [9.17, 15) is 10.2 Å². The summed E-state index contributed by atoms with van der Waals surface area (Å²) in [6.45, 7) is 7.83. The Labute approximate surface area is 183 Å². The highest BCUT2D eigenvalue weighted by molar-refractivity contribution is 14.0. The minimum atomic E-state index is -1.15. The molecule has 0 saturated carbocycles. The minimum absolute atomic E-state index is 0. The lowest BCUT2D eigenvalue weighted by atomic mass is 10.0. The van der Waals surface area contributed by atoms with E-state index in [1.54, 1.807) is 31.4 Å². The fourth-order valence-electron chi connectivity index (χ4n) is 3.21. The quantitative estimate of drug-likeness (QED) is 0.333. The van der Waals surface area contributed by atoms with Crippen molar-refractivity contribution in [3.63, 3.8) is 0 Å². The van der Waals surface area contributed by atoms with Crippen molar-refractivity contribution in [1.82, 2.24) is 10.2 Å². The zero-order valence-electron chi connectivity index (χ0n) is 16.3.